The quantitative estimate of drug-likeness (QED) is 0.662. The number of likely N-dealkylation sites (tertiary alicyclic amines) is 1. The molecule has 0 bridgehead atoms. The summed E-state index contributed by atoms with van der Waals surface area (Å²) in [5, 5.41) is 4.54. The van der Waals surface area contributed by atoms with Gasteiger partial charge in [0.25, 0.3) is 15.9 Å². The number of benzene rings is 1. The molecule has 1 amide bonds. The molecule has 0 unspecified atom stereocenters. The third-order valence-corrected chi connectivity index (χ3v) is 8.04. The van der Waals surface area contributed by atoms with Gasteiger partial charge in [-0.1, -0.05) is 17.7 Å². The van der Waals surface area contributed by atoms with E-state index >= 15 is 0 Å². The molecule has 172 valence electrons. The zero-order valence-electron chi connectivity index (χ0n) is 18.1. The minimum atomic E-state index is -3.96. The van der Waals surface area contributed by atoms with Gasteiger partial charge in [0.2, 0.25) is 5.03 Å². The summed E-state index contributed by atoms with van der Waals surface area (Å²) in [7, 11) is -2.36. The van der Waals surface area contributed by atoms with Crippen LogP contribution in [0.1, 0.15) is 28.8 Å². The largest absolute Gasteiger partial charge is 0.369 e. The molecular formula is C21H26ClN5O4S. The SMILES string of the molecule is Cc1ccc(Cl)cc1N1CCN(S(=O)(=O)c2nn(C)cc2C(=O)N2CCC(=O)CC2)CC1. The van der Waals surface area contributed by atoms with E-state index in [0.29, 0.717) is 44.0 Å². The molecule has 2 aliphatic heterocycles. The predicted molar refractivity (Wildman–Crippen MR) is 121 cm³/mol. The van der Waals surface area contributed by atoms with Gasteiger partial charge in [0, 0.05) is 76.1 Å². The van der Waals surface area contributed by atoms with Gasteiger partial charge in [-0.3, -0.25) is 14.3 Å². The number of anilines is 1. The Labute approximate surface area is 192 Å². The first-order valence-corrected chi connectivity index (χ1v) is 12.3. The smallest absolute Gasteiger partial charge is 0.263 e. The first-order valence-electron chi connectivity index (χ1n) is 10.5. The normalized spacial score (nSPS) is 18.3. The number of ketones is 1. The molecule has 0 aliphatic carbocycles. The number of Topliss-reactive ketones (excluding diaryl/α,β-unsaturated/α-hetero) is 1. The zero-order chi connectivity index (χ0) is 23.0. The van der Waals surface area contributed by atoms with Crippen LogP contribution in [0.4, 0.5) is 5.69 Å². The minimum Gasteiger partial charge on any atom is -0.369 e. The topological polar surface area (TPSA) is 95.8 Å². The average Bonchev–Trinajstić information content (AvgIpc) is 3.18. The van der Waals surface area contributed by atoms with E-state index in [-0.39, 0.29) is 29.5 Å². The molecule has 1 aromatic heterocycles. The Bertz CT molecular complexity index is 1140. The molecule has 2 saturated heterocycles. The number of hydrogen-bond donors (Lipinski definition) is 0. The first kappa shape index (κ1) is 22.8. The minimum absolute atomic E-state index is 0.0509. The number of amides is 1. The van der Waals surface area contributed by atoms with Crippen LogP contribution in [0.2, 0.25) is 5.02 Å². The summed E-state index contributed by atoms with van der Waals surface area (Å²) in [6.07, 6.45) is 2.02. The lowest BCUT2D eigenvalue weighted by Crippen LogP contribution is -2.49. The number of carbonyl (C=O) groups excluding carboxylic acids is 2. The Kier molecular flexibility index (Phi) is 6.28. The molecule has 2 aromatic rings. The Balaban J connectivity index is 1.53. The van der Waals surface area contributed by atoms with Crippen molar-refractivity contribution in [2.24, 2.45) is 7.05 Å². The number of aromatic nitrogens is 2. The summed E-state index contributed by atoms with van der Waals surface area (Å²) in [4.78, 5) is 28.2. The van der Waals surface area contributed by atoms with E-state index in [0.717, 1.165) is 11.3 Å². The van der Waals surface area contributed by atoms with E-state index in [2.05, 4.69) is 10.00 Å². The van der Waals surface area contributed by atoms with Gasteiger partial charge in [-0.15, -0.1) is 0 Å². The van der Waals surface area contributed by atoms with Gasteiger partial charge >= 0.3 is 0 Å². The third-order valence-electron chi connectivity index (χ3n) is 5.97. The van der Waals surface area contributed by atoms with Crippen LogP contribution in [0.3, 0.4) is 0 Å². The van der Waals surface area contributed by atoms with E-state index in [9.17, 15) is 18.0 Å². The number of hydrogen-bond acceptors (Lipinski definition) is 6. The van der Waals surface area contributed by atoms with Gasteiger partial charge in [0.15, 0.2) is 0 Å². The van der Waals surface area contributed by atoms with Crippen molar-refractivity contribution in [1.82, 2.24) is 19.0 Å². The van der Waals surface area contributed by atoms with Crippen molar-refractivity contribution in [3.8, 4) is 0 Å². The Morgan fingerprint density at radius 3 is 2.38 bits per heavy atom. The Morgan fingerprint density at radius 2 is 1.72 bits per heavy atom. The van der Waals surface area contributed by atoms with Gasteiger partial charge in [-0.05, 0) is 24.6 Å². The molecular weight excluding hydrogens is 454 g/mol. The molecule has 11 heteroatoms. The van der Waals surface area contributed by atoms with Crippen LogP contribution in [0.25, 0.3) is 0 Å². The number of piperidine rings is 1. The molecule has 1 aromatic carbocycles. The predicted octanol–water partition coefficient (Wildman–Crippen LogP) is 1.70. The van der Waals surface area contributed by atoms with E-state index in [1.807, 2.05) is 25.1 Å². The lowest BCUT2D eigenvalue weighted by molar-refractivity contribution is -0.120. The summed E-state index contributed by atoms with van der Waals surface area (Å²) in [5.74, 6) is -0.293. The molecule has 2 fully saturated rings. The van der Waals surface area contributed by atoms with Crippen molar-refractivity contribution in [3.63, 3.8) is 0 Å². The van der Waals surface area contributed by atoms with E-state index in [1.54, 1.807) is 7.05 Å². The number of piperazine rings is 1. The van der Waals surface area contributed by atoms with Crippen molar-refractivity contribution in [2.75, 3.05) is 44.2 Å². The van der Waals surface area contributed by atoms with Crippen molar-refractivity contribution in [2.45, 2.75) is 24.8 Å². The van der Waals surface area contributed by atoms with E-state index in [4.69, 9.17) is 11.6 Å². The van der Waals surface area contributed by atoms with Gasteiger partial charge in [-0.2, -0.15) is 9.40 Å². The lowest BCUT2D eigenvalue weighted by atomic mass is 10.1. The molecule has 0 atom stereocenters. The summed E-state index contributed by atoms with van der Waals surface area (Å²) in [5.41, 5.74) is 2.11. The molecule has 0 N–H and O–H groups in total. The highest BCUT2D eigenvalue weighted by molar-refractivity contribution is 7.89. The molecule has 0 saturated carbocycles. The van der Waals surface area contributed by atoms with Crippen molar-refractivity contribution in [1.29, 1.82) is 0 Å². The van der Waals surface area contributed by atoms with Crippen LogP contribution in [-0.2, 0) is 21.9 Å². The zero-order valence-corrected chi connectivity index (χ0v) is 19.7. The maximum Gasteiger partial charge on any atom is 0.263 e. The van der Waals surface area contributed by atoms with Gasteiger partial charge in [-0.25, -0.2) is 8.42 Å². The lowest BCUT2D eigenvalue weighted by Gasteiger charge is -2.36. The average molecular weight is 480 g/mol. The second-order valence-electron chi connectivity index (χ2n) is 8.17. The molecule has 0 radical (unpaired) electrons. The highest BCUT2D eigenvalue weighted by atomic mass is 35.5. The third kappa shape index (κ3) is 4.39. The van der Waals surface area contributed by atoms with Crippen LogP contribution < -0.4 is 4.90 Å². The van der Waals surface area contributed by atoms with Gasteiger partial charge in [0.1, 0.15) is 5.78 Å². The second-order valence-corrected chi connectivity index (χ2v) is 10.5. The standard InChI is InChI=1S/C21H26ClN5O4S/c1-15-3-4-16(22)13-19(15)25-9-11-27(12-10-25)32(30,31)20-18(14-24(2)23-20)21(29)26-7-5-17(28)6-8-26/h3-4,13-14H,5-12H2,1-2H3. The molecule has 9 nitrogen and oxygen atoms in total. The number of sulfonamides is 1. The molecule has 2 aliphatic rings. The second kappa shape index (κ2) is 8.84. The maximum absolute atomic E-state index is 13.4. The van der Waals surface area contributed by atoms with Crippen LogP contribution in [0.5, 0.6) is 0 Å². The highest BCUT2D eigenvalue weighted by Crippen LogP contribution is 2.27. The summed E-state index contributed by atoms with van der Waals surface area (Å²) in [6, 6.07) is 5.67. The highest BCUT2D eigenvalue weighted by Gasteiger charge is 2.36. The van der Waals surface area contributed by atoms with Gasteiger partial charge in [0.05, 0.1) is 5.56 Å². The van der Waals surface area contributed by atoms with Crippen LogP contribution in [0.15, 0.2) is 29.4 Å². The molecule has 32 heavy (non-hydrogen) atoms. The van der Waals surface area contributed by atoms with Crippen LogP contribution in [-0.4, -0.2) is 78.4 Å². The van der Waals surface area contributed by atoms with Crippen molar-refractivity contribution >= 4 is 39.0 Å². The monoisotopic (exact) mass is 479 g/mol. The van der Waals surface area contributed by atoms with E-state index in [1.165, 1.54) is 20.1 Å². The number of carbonyl (C=O) groups is 2. The first-order chi connectivity index (χ1) is 15.2. The Morgan fingerprint density at radius 1 is 1.06 bits per heavy atom. The number of halogens is 1. The van der Waals surface area contributed by atoms with Crippen molar-refractivity contribution in [3.05, 3.63) is 40.5 Å². The Hall–Kier alpha value is -2.43. The fraction of sp³-hybridized carbons (Fsp3) is 0.476. The van der Waals surface area contributed by atoms with Crippen LogP contribution >= 0.6 is 11.6 Å². The number of nitrogens with zero attached hydrogens (tertiary/aromatic N) is 5. The summed E-state index contributed by atoms with van der Waals surface area (Å²) >= 11 is 6.14. The van der Waals surface area contributed by atoms with Crippen LogP contribution in [0, 0.1) is 6.92 Å². The van der Waals surface area contributed by atoms with Gasteiger partial charge < -0.3 is 9.80 Å². The number of rotatable bonds is 4. The summed E-state index contributed by atoms with van der Waals surface area (Å²) < 4.78 is 29.5. The molecule has 4 rings (SSSR count). The van der Waals surface area contributed by atoms with Crippen molar-refractivity contribution < 1.29 is 18.0 Å². The number of aryl methyl sites for hydroxylation is 2. The fourth-order valence-corrected chi connectivity index (χ4v) is 5.85. The summed E-state index contributed by atoms with van der Waals surface area (Å²) in [6.45, 7) is 4.14. The molecule has 3 heterocycles. The molecule has 0 spiro atoms. The fourth-order valence-electron chi connectivity index (χ4n) is 4.15. The van der Waals surface area contributed by atoms with E-state index < -0.39 is 15.9 Å². The maximum atomic E-state index is 13.4.